The molecular formula is C26H35N7O2. The van der Waals surface area contributed by atoms with Gasteiger partial charge in [-0.25, -0.2) is 4.68 Å². The van der Waals surface area contributed by atoms with Crippen LogP contribution >= 0.6 is 0 Å². The molecule has 9 nitrogen and oxygen atoms in total. The highest BCUT2D eigenvalue weighted by Gasteiger charge is 2.28. The number of aryl methyl sites for hydroxylation is 3. The van der Waals surface area contributed by atoms with Gasteiger partial charge in [-0.1, -0.05) is 17.7 Å². The number of rotatable bonds is 6. The van der Waals surface area contributed by atoms with E-state index in [4.69, 9.17) is 9.84 Å². The number of aromatic nitrogens is 4. The van der Waals surface area contributed by atoms with E-state index in [2.05, 4.69) is 63.4 Å². The first-order chi connectivity index (χ1) is 17.0. The molecule has 2 saturated heterocycles. The molecule has 9 heteroatoms. The summed E-state index contributed by atoms with van der Waals surface area (Å²) in [6.45, 7) is 12.7. The highest BCUT2D eigenvalue weighted by atomic mass is 16.5. The zero-order valence-electron chi connectivity index (χ0n) is 21.0. The molecule has 186 valence electrons. The third-order valence-electron chi connectivity index (χ3n) is 7.26. The van der Waals surface area contributed by atoms with E-state index in [-0.39, 0.29) is 11.8 Å². The smallest absolute Gasteiger partial charge is 0.223 e. The molecule has 4 heterocycles. The van der Waals surface area contributed by atoms with Gasteiger partial charge in [0.1, 0.15) is 5.52 Å². The number of ether oxygens (including phenoxy) is 1. The van der Waals surface area contributed by atoms with E-state index in [1.54, 1.807) is 0 Å². The zero-order valence-corrected chi connectivity index (χ0v) is 21.0. The Hall–Kier alpha value is -3.04. The highest BCUT2D eigenvalue weighted by Crippen LogP contribution is 2.31. The van der Waals surface area contributed by atoms with Crippen LogP contribution in [0.4, 0.5) is 5.82 Å². The molecule has 1 N–H and O–H groups in total. The quantitative estimate of drug-likeness (QED) is 0.583. The summed E-state index contributed by atoms with van der Waals surface area (Å²) in [5, 5.41) is 18.2. The van der Waals surface area contributed by atoms with E-state index in [0.717, 1.165) is 92.6 Å². The van der Waals surface area contributed by atoms with Crippen molar-refractivity contribution in [2.75, 3.05) is 57.4 Å². The van der Waals surface area contributed by atoms with Crippen molar-refractivity contribution in [1.82, 2.24) is 30.2 Å². The van der Waals surface area contributed by atoms with E-state index in [0.29, 0.717) is 6.54 Å². The van der Waals surface area contributed by atoms with Crippen LogP contribution in [0.1, 0.15) is 29.8 Å². The predicted octanol–water partition coefficient (Wildman–Crippen LogP) is 2.41. The molecule has 0 bridgehead atoms. The molecule has 0 aliphatic carbocycles. The summed E-state index contributed by atoms with van der Waals surface area (Å²) in [4.78, 5) is 17.3. The largest absolute Gasteiger partial charge is 0.379 e. The second kappa shape index (κ2) is 10.3. The fourth-order valence-electron chi connectivity index (χ4n) is 5.12. The van der Waals surface area contributed by atoms with Crippen molar-refractivity contribution in [2.45, 2.75) is 33.6 Å². The minimum absolute atomic E-state index is 0.0386. The molecule has 0 unspecified atom stereocenters. The Labute approximate surface area is 206 Å². The molecule has 0 saturated carbocycles. The van der Waals surface area contributed by atoms with Crippen LogP contribution < -0.4 is 10.2 Å². The lowest BCUT2D eigenvalue weighted by molar-refractivity contribution is -0.125. The van der Waals surface area contributed by atoms with Crippen LogP contribution in [0.15, 0.2) is 24.3 Å². The van der Waals surface area contributed by atoms with Gasteiger partial charge in [0.15, 0.2) is 5.82 Å². The number of nitrogens with one attached hydrogen (secondary N) is 1. The summed E-state index contributed by atoms with van der Waals surface area (Å²) < 4.78 is 7.37. The zero-order chi connectivity index (χ0) is 24.4. The molecule has 1 amide bonds. The van der Waals surface area contributed by atoms with Gasteiger partial charge in [0, 0.05) is 45.2 Å². The van der Waals surface area contributed by atoms with Gasteiger partial charge in [-0.3, -0.25) is 9.69 Å². The Morgan fingerprint density at radius 2 is 1.74 bits per heavy atom. The molecule has 0 radical (unpaired) electrons. The van der Waals surface area contributed by atoms with Crippen molar-refractivity contribution in [2.24, 2.45) is 5.92 Å². The monoisotopic (exact) mass is 477 g/mol. The number of amides is 1. The van der Waals surface area contributed by atoms with Crippen LogP contribution in [0.3, 0.4) is 0 Å². The Morgan fingerprint density at radius 1 is 1.03 bits per heavy atom. The maximum absolute atomic E-state index is 12.8. The van der Waals surface area contributed by atoms with E-state index < -0.39 is 0 Å². The molecule has 5 rings (SSSR count). The Bertz CT molecular complexity index is 1180. The molecule has 2 aromatic heterocycles. The SMILES string of the molecule is Cc1ccc(-n2nc3c(N4CCC(C(=O)NCCN5CCOCC5)CC4)nnc(C)c3c2C)cc1. The lowest BCUT2D eigenvalue weighted by atomic mass is 9.96. The number of hydrogen-bond donors (Lipinski definition) is 1. The van der Waals surface area contributed by atoms with Crippen LogP contribution in [0.2, 0.25) is 0 Å². The third-order valence-corrected chi connectivity index (χ3v) is 7.26. The van der Waals surface area contributed by atoms with Crippen molar-refractivity contribution in [1.29, 1.82) is 0 Å². The van der Waals surface area contributed by atoms with Crippen LogP contribution in [-0.4, -0.2) is 83.3 Å². The number of carbonyl (C=O) groups is 1. The standard InChI is InChI=1S/C26H35N7O2/c1-18-4-6-22(7-5-18)33-20(3)23-19(2)28-29-25(24(23)30-33)32-11-8-21(9-12-32)26(34)27-10-13-31-14-16-35-17-15-31/h4-7,21H,8-17H2,1-3H3,(H,27,34). The lowest BCUT2D eigenvalue weighted by Gasteiger charge is -2.32. The van der Waals surface area contributed by atoms with Crippen molar-refractivity contribution in [3.05, 3.63) is 41.2 Å². The predicted molar refractivity (Wildman–Crippen MR) is 136 cm³/mol. The maximum atomic E-state index is 12.8. The van der Waals surface area contributed by atoms with Gasteiger partial charge in [-0.15, -0.1) is 5.10 Å². The molecule has 3 aromatic rings. The second-order valence-corrected chi connectivity index (χ2v) is 9.67. The van der Waals surface area contributed by atoms with Crippen molar-refractivity contribution >= 4 is 22.6 Å². The summed E-state index contributed by atoms with van der Waals surface area (Å²) in [7, 11) is 0. The van der Waals surface area contributed by atoms with Crippen molar-refractivity contribution in [3.8, 4) is 5.69 Å². The summed E-state index contributed by atoms with van der Waals surface area (Å²) in [6, 6.07) is 8.38. The van der Waals surface area contributed by atoms with E-state index in [1.165, 1.54) is 5.56 Å². The van der Waals surface area contributed by atoms with Gasteiger partial charge in [0.25, 0.3) is 0 Å². The number of hydrogen-bond acceptors (Lipinski definition) is 7. The van der Waals surface area contributed by atoms with E-state index >= 15 is 0 Å². The van der Waals surface area contributed by atoms with Gasteiger partial charge < -0.3 is 15.0 Å². The molecule has 0 atom stereocenters. The molecule has 2 fully saturated rings. The molecule has 2 aliphatic rings. The summed E-state index contributed by atoms with van der Waals surface area (Å²) in [5.41, 5.74) is 5.07. The third kappa shape index (κ3) is 5.01. The normalized spacial score (nSPS) is 17.7. The second-order valence-electron chi connectivity index (χ2n) is 9.67. The molecule has 2 aliphatic heterocycles. The maximum Gasteiger partial charge on any atom is 0.223 e. The van der Waals surface area contributed by atoms with E-state index in [1.807, 2.05) is 11.6 Å². The number of nitrogens with zero attached hydrogens (tertiary/aromatic N) is 6. The Morgan fingerprint density at radius 3 is 2.46 bits per heavy atom. The van der Waals surface area contributed by atoms with Crippen LogP contribution in [0.5, 0.6) is 0 Å². The van der Waals surface area contributed by atoms with Gasteiger partial charge >= 0.3 is 0 Å². The van der Waals surface area contributed by atoms with Gasteiger partial charge in [-0.05, 0) is 45.7 Å². The van der Waals surface area contributed by atoms with Gasteiger partial charge in [-0.2, -0.15) is 10.2 Å². The number of benzene rings is 1. The number of anilines is 1. The molecule has 1 aromatic carbocycles. The van der Waals surface area contributed by atoms with Crippen LogP contribution in [0, 0.1) is 26.7 Å². The first-order valence-corrected chi connectivity index (χ1v) is 12.6. The Kier molecular flexibility index (Phi) is 6.97. The van der Waals surface area contributed by atoms with Crippen LogP contribution in [0.25, 0.3) is 16.6 Å². The summed E-state index contributed by atoms with van der Waals surface area (Å²) in [5.74, 6) is 1.01. The van der Waals surface area contributed by atoms with Gasteiger partial charge in [0.05, 0.1) is 35.7 Å². The highest BCUT2D eigenvalue weighted by molar-refractivity contribution is 5.92. The average molecular weight is 478 g/mol. The number of fused-ring (bicyclic) bond motifs is 1. The lowest BCUT2D eigenvalue weighted by Crippen LogP contribution is -2.44. The van der Waals surface area contributed by atoms with Crippen LogP contribution in [-0.2, 0) is 9.53 Å². The van der Waals surface area contributed by atoms with E-state index in [9.17, 15) is 4.79 Å². The fraction of sp³-hybridized carbons (Fsp3) is 0.538. The first-order valence-electron chi connectivity index (χ1n) is 12.6. The molecular weight excluding hydrogens is 442 g/mol. The number of carbonyl (C=O) groups excluding carboxylic acids is 1. The molecule has 35 heavy (non-hydrogen) atoms. The summed E-state index contributed by atoms with van der Waals surface area (Å²) in [6.07, 6.45) is 1.61. The number of morpholine rings is 1. The minimum atomic E-state index is 0.0386. The topological polar surface area (TPSA) is 88.4 Å². The summed E-state index contributed by atoms with van der Waals surface area (Å²) >= 11 is 0. The average Bonchev–Trinajstić information content (AvgIpc) is 3.23. The fourth-order valence-corrected chi connectivity index (χ4v) is 5.12. The number of piperidine rings is 1. The molecule has 0 spiro atoms. The van der Waals surface area contributed by atoms with Crippen molar-refractivity contribution < 1.29 is 9.53 Å². The van der Waals surface area contributed by atoms with Gasteiger partial charge in [0.2, 0.25) is 5.91 Å². The first kappa shape index (κ1) is 23.7. The Balaban J connectivity index is 1.26. The minimum Gasteiger partial charge on any atom is -0.379 e. The van der Waals surface area contributed by atoms with Crippen molar-refractivity contribution in [3.63, 3.8) is 0 Å².